The van der Waals surface area contributed by atoms with Gasteiger partial charge in [0, 0.05) is 33.0 Å². The lowest BCUT2D eigenvalue weighted by Gasteiger charge is -2.12. The average molecular weight is 643 g/mol. The van der Waals surface area contributed by atoms with Gasteiger partial charge in [-0.1, -0.05) is 54.6 Å². The van der Waals surface area contributed by atoms with Gasteiger partial charge in [-0.05, 0) is 78.9 Å². The van der Waals surface area contributed by atoms with Crippen LogP contribution in [0.25, 0.3) is 28.6 Å². The van der Waals surface area contributed by atoms with Crippen LogP contribution in [-0.4, -0.2) is 28.5 Å². The van der Waals surface area contributed by atoms with Crippen molar-refractivity contribution in [3.63, 3.8) is 0 Å². The second kappa shape index (κ2) is 14.4. The smallest absolute Gasteiger partial charge is 0.272 e. The summed E-state index contributed by atoms with van der Waals surface area (Å²) in [6.07, 6.45) is 1.29. The quantitative estimate of drug-likeness (QED) is 0.104. The van der Waals surface area contributed by atoms with E-state index in [0.29, 0.717) is 28.4 Å². The van der Waals surface area contributed by atoms with Gasteiger partial charge in [0.05, 0.1) is 5.75 Å². The number of amides is 3. The number of rotatable bonds is 10. The van der Waals surface area contributed by atoms with Crippen LogP contribution < -0.4 is 16.0 Å². The van der Waals surface area contributed by atoms with Crippen LogP contribution in [0.15, 0.2) is 142 Å². The molecule has 0 saturated carbocycles. The van der Waals surface area contributed by atoms with E-state index in [1.807, 2.05) is 42.5 Å². The van der Waals surface area contributed by atoms with Crippen molar-refractivity contribution in [2.45, 2.75) is 4.90 Å². The second-order valence-corrected chi connectivity index (χ2v) is 11.3. The fourth-order valence-electron chi connectivity index (χ4n) is 4.59. The van der Waals surface area contributed by atoms with Gasteiger partial charge >= 0.3 is 0 Å². The Balaban J connectivity index is 1.08. The molecule has 0 spiro atoms. The number of carbonyl (C=O) groups excluding carboxylic acids is 3. The first-order valence-corrected chi connectivity index (χ1v) is 15.5. The number of fused-ring (bicyclic) bond motifs is 1. The van der Waals surface area contributed by atoms with Crippen molar-refractivity contribution >= 4 is 58.0 Å². The van der Waals surface area contributed by atoms with Gasteiger partial charge in [-0.25, -0.2) is 9.37 Å². The van der Waals surface area contributed by atoms with E-state index in [1.54, 1.807) is 66.7 Å². The van der Waals surface area contributed by atoms with Gasteiger partial charge in [-0.15, -0.1) is 11.8 Å². The number of para-hydroxylation sites is 2. The molecule has 8 nitrogen and oxygen atoms in total. The van der Waals surface area contributed by atoms with Crippen molar-refractivity contribution in [2.24, 2.45) is 0 Å². The first-order valence-electron chi connectivity index (χ1n) is 14.5. The third-order valence-corrected chi connectivity index (χ3v) is 7.90. The molecular formula is C37H27FN4O4S. The molecule has 0 aliphatic carbocycles. The van der Waals surface area contributed by atoms with Crippen LogP contribution in [0.2, 0.25) is 0 Å². The number of benzene rings is 5. The van der Waals surface area contributed by atoms with E-state index in [2.05, 4.69) is 20.9 Å². The Morgan fingerprint density at radius 2 is 1.51 bits per heavy atom. The van der Waals surface area contributed by atoms with E-state index < -0.39 is 17.6 Å². The zero-order valence-corrected chi connectivity index (χ0v) is 25.6. The molecule has 3 amide bonds. The van der Waals surface area contributed by atoms with Crippen LogP contribution in [0.4, 0.5) is 15.8 Å². The van der Waals surface area contributed by atoms with Crippen LogP contribution in [0.3, 0.4) is 0 Å². The normalized spacial score (nSPS) is 11.2. The lowest BCUT2D eigenvalue weighted by Crippen LogP contribution is -2.30. The number of halogens is 1. The molecule has 1 heterocycles. The summed E-state index contributed by atoms with van der Waals surface area (Å²) >= 11 is 1.29. The SMILES string of the molecule is O=C(CSc1cccc(NC(=O)/C(=C/c2ccccc2F)NC(=O)c2ccccc2)c1)Nc1ccc(-c2nc3ccccc3o2)cc1. The molecule has 0 bridgehead atoms. The van der Waals surface area contributed by atoms with Crippen molar-refractivity contribution in [2.75, 3.05) is 16.4 Å². The maximum Gasteiger partial charge on any atom is 0.272 e. The Morgan fingerprint density at radius 3 is 2.30 bits per heavy atom. The van der Waals surface area contributed by atoms with Gasteiger partial charge in [0.1, 0.15) is 17.0 Å². The van der Waals surface area contributed by atoms with Gasteiger partial charge in [-0.3, -0.25) is 14.4 Å². The van der Waals surface area contributed by atoms with Gasteiger partial charge in [0.15, 0.2) is 5.58 Å². The van der Waals surface area contributed by atoms with Crippen LogP contribution in [0, 0.1) is 5.82 Å². The van der Waals surface area contributed by atoms with E-state index in [4.69, 9.17) is 4.42 Å². The van der Waals surface area contributed by atoms with Crippen molar-refractivity contribution < 1.29 is 23.2 Å². The molecule has 6 rings (SSSR count). The third-order valence-electron chi connectivity index (χ3n) is 6.91. The fraction of sp³-hybridized carbons (Fsp3) is 0.0270. The highest BCUT2D eigenvalue weighted by atomic mass is 32.2. The standard InChI is InChI=1S/C37H27FN4O4S/c38-30-14-5-4-11-26(30)21-32(41-35(44)24-9-2-1-3-10-24)36(45)40-28-12-8-13-29(22-28)47-23-34(43)39-27-19-17-25(18-20-27)37-42-31-15-6-7-16-33(31)46-37/h1-22H,23H2,(H,39,43)(H,40,45)(H,41,44)/b32-21-. The summed E-state index contributed by atoms with van der Waals surface area (Å²) in [5.41, 5.74) is 3.68. The van der Waals surface area contributed by atoms with Crippen LogP contribution in [0.5, 0.6) is 0 Å². The highest BCUT2D eigenvalue weighted by molar-refractivity contribution is 8.00. The number of thioether (sulfide) groups is 1. The van der Waals surface area contributed by atoms with E-state index in [1.165, 1.54) is 36.0 Å². The minimum Gasteiger partial charge on any atom is -0.436 e. The highest BCUT2D eigenvalue weighted by Crippen LogP contribution is 2.26. The lowest BCUT2D eigenvalue weighted by atomic mass is 10.1. The summed E-state index contributed by atoms with van der Waals surface area (Å²) in [5, 5.41) is 8.24. The molecule has 0 aliphatic heterocycles. The number of anilines is 2. The summed E-state index contributed by atoms with van der Waals surface area (Å²) in [6.45, 7) is 0. The van der Waals surface area contributed by atoms with Crippen LogP contribution in [-0.2, 0) is 9.59 Å². The van der Waals surface area contributed by atoms with Crippen molar-refractivity contribution in [1.29, 1.82) is 0 Å². The van der Waals surface area contributed by atoms with Crippen LogP contribution >= 0.6 is 11.8 Å². The lowest BCUT2D eigenvalue weighted by molar-refractivity contribution is -0.114. The van der Waals surface area contributed by atoms with E-state index in [-0.39, 0.29) is 22.9 Å². The summed E-state index contributed by atoms with van der Waals surface area (Å²) < 4.78 is 20.2. The fourth-order valence-corrected chi connectivity index (χ4v) is 5.34. The number of nitrogens with one attached hydrogen (secondary N) is 3. The molecule has 0 fully saturated rings. The molecule has 10 heteroatoms. The molecule has 0 aliphatic rings. The summed E-state index contributed by atoms with van der Waals surface area (Å²) in [7, 11) is 0. The number of nitrogens with zero attached hydrogens (tertiary/aromatic N) is 1. The maximum absolute atomic E-state index is 14.4. The number of aromatic nitrogens is 1. The Bertz CT molecular complexity index is 2060. The average Bonchev–Trinajstić information content (AvgIpc) is 3.53. The molecule has 0 radical (unpaired) electrons. The number of oxazole rings is 1. The van der Waals surface area contributed by atoms with Crippen molar-refractivity contribution in [3.8, 4) is 11.5 Å². The Kier molecular flexibility index (Phi) is 9.50. The Morgan fingerprint density at radius 1 is 0.766 bits per heavy atom. The topological polar surface area (TPSA) is 113 Å². The number of hydrogen-bond donors (Lipinski definition) is 3. The minimum absolute atomic E-state index is 0.121. The predicted octanol–water partition coefficient (Wildman–Crippen LogP) is 7.77. The number of carbonyl (C=O) groups is 3. The van der Waals surface area contributed by atoms with Gasteiger partial charge in [0.25, 0.3) is 11.8 Å². The second-order valence-electron chi connectivity index (χ2n) is 10.3. The highest BCUT2D eigenvalue weighted by Gasteiger charge is 2.16. The molecule has 232 valence electrons. The molecule has 0 saturated heterocycles. The number of hydrogen-bond acceptors (Lipinski definition) is 6. The van der Waals surface area contributed by atoms with Gasteiger partial charge < -0.3 is 20.4 Å². The first-order chi connectivity index (χ1) is 22.9. The van der Waals surface area contributed by atoms with Crippen LogP contribution in [0.1, 0.15) is 15.9 Å². The molecule has 3 N–H and O–H groups in total. The van der Waals surface area contributed by atoms with Crippen molar-refractivity contribution in [3.05, 3.63) is 150 Å². The van der Waals surface area contributed by atoms with Gasteiger partial charge in [-0.2, -0.15) is 0 Å². The van der Waals surface area contributed by atoms with E-state index >= 15 is 0 Å². The molecule has 47 heavy (non-hydrogen) atoms. The molecular weight excluding hydrogens is 615 g/mol. The summed E-state index contributed by atoms with van der Waals surface area (Å²) in [5.74, 6) is -1.28. The molecule has 1 aromatic heterocycles. The monoisotopic (exact) mass is 642 g/mol. The predicted molar refractivity (Wildman–Crippen MR) is 182 cm³/mol. The molecule has 6 aromatic rings. The Labute approximate surface area is 273 Å². The molecule has 5 aromatic carbocycles. The first kappa shape index (κ1) is 31.0. The minimum atomic E-state index is -0.640. The third kappa shape index (κ3) is 7.99. The Hall–Kier alpha value is -6.00. The maximum atomic E-state index is 14.4. The largest absolute Gasteiger partial charge is 0.436 e. The summed E-state index contributed by atoms with van der Waals surface area (Å²) in [4.78, 5) is 44.2. The molecule has 0 unspecified atom stereocenters. The van der Waals surface area contributed by atoms with E-state index in [0.717, 1.165) is 16.0 Å². The zero-order chi connectivity index (χ0) is 32.6. The molecule has 0 atom stereocenters. The van der Waals surface area contributed by atoms with E-state index in [9.17, 15) is 18.8 Å². The summed E-state index contributed by atoms with van der Waals surface area (Å²) in [6, 6.07) is 36.1. The van der Waals surface area contributed by atoms with Gasteiger partial charge in [0.2, 0.25) is 11.8 Å². The van der Waals surface area contributed by atoms with Crippen molar-refractivity contribution in [1.82, 2.24) is 10.3 Å². The zero-order valence-electron chi connectivity index (χ0n) is 24.8.